The SMILES string of the molecule is N=C(N)c1ccnc(N2CCCN3CCCC3C2)c1. The average Bonchev–Trinajstić information content (AvgIpc) is 2.76. The van der Waals surface area contributed by atoms with Crippen LogP contribution in [0.25, 0.3) is 0 Å². The van der Waals surface area contributed by atoms with Crippen LogP contribution in [-0.2, 0) is 0 Å². The molecule has 3 rings (SSSR count). The molecule has 0 bridgehead atoms. The molecule has 2 aliphatic heterocycles. The number of nitrogens with zero attached hydrogens (tertiary/aromatic N) is 3. The van der Waals surface area contributed by atoms with Crippen LogP contribution in [0.5, 0.6) is 0 Å². The van der Waals surface area contributed by atoms with Crippen LogP contribution >= 0.6 is 0 Å². The number of nitrogens with one attached hydrogen (secondary N) is 1. The fourth-order valence-electron chi connectivity index (χ4n) is 3.17. The largest absolute Gasteiger partial charge is 0.384 e. The van der Waals surface area contributed by atoms with E-state index in [0.717, 1.165) is 24.5 Å². The lowest BCUT2D eigenvalue weighted by Gasteiger charge is -2.26. The Balaban J connectivity index is 1.80. The van der Waals surface area contributed by atoms with E-state index in [1.54, 1.807) is 12.3 Å². The Bertz CT molecular complexity index is 473. The van der Waals surface area contributed by atoms with Crippen molar-refractivity contribution in [2.75, 3.05) is 31.1 Å². The molecule has 2 saturated heterocycles. The summed E-state index contributed by atoms with van der Waals surface area (Å²) in [5, 5.41) is 7.53. The highest BCUT2D eigenvalue weighted by Gasteiger charge is 2.29. The van der Waals surface area contributed by atoms with Crippen molar-refractivity contribution < 1.29 is 0 Å². The Morgan fingerprint density at radius 1 is 1.32 bits per heavy atom. The van der Waals surface area contributed by atoms with E-state index in [9.17, 15) is 0 Å². The number of hydrogen-bond donors (Lipinski definition) is 2. The maximum absolute atomic E-state index is 7.53. The van der Waals surface area contributed by atoms with Gasteiger partial charge in [0, 0.05) is 37.4 Å². The van der Waals surface area contributed by atoms with Gasteiger partial charge in [0.15, 0.2) is 0 Å². The molecular formula is C14H21N5. The van der Waals surface area contributed by atoms with Crippen LogP contribution in [0.4, 0.5) is 5.82 Å². The first-order valence-corrected chi connectivity index (χ1v) is 7.03. The Kier molecular flexibility index (Phi) is 3.38. The summed E-state index contributed by atoms with van der Waals surface area (Å²) in [6.45, 7) is 4.54. The van der Waals surface area contributed by atoms with Gasteiger partial charge < -0.3 is 10.6 Å². The third-order valence-electron chi connectivity index (χ3n) is 4.18. The standard InChI is InChI=1S/C14H21N5/c15-14(16)11-4-5-17-13(9-11)19-8-2-7-18-6-1-3-12(18)10-19/h4-5,9,12H,1-3,6-8,10H2,(H3,15,16). The number of nitrogen functional groups attached to an aromatic ring is 1. The van der Waals surface area contributed by atoms with Gasteiger partial charge in [0.2, 0.25) is 0 Å². The van der Waals surface area contributed by atoms with Crippen molar-refractivity contribution in [1.29, 1.82) is 5.41 Å². The van der Waals surface area contributed by atoms with E-state index >= 15 is 0 Å². The molecule has 0 spiro atoms. The van der Waals surface area contributed by atoms with Crippen LogP contribution in [0, 0.1) is 5.41 Å². The second-order valence-electron chi connectivity index (χ2n) is 5.45. The average molecular weight is 259 g/mol. The number of nitrogens with two attached hydrogens (primary N) is 1. The molecule has 19 heavy (non-hydrogen) atoms. The van der Waals surface area contributed by atoms with Crippen LogP contribution in [0.1, 0.15) is 24.8 Å². The monoisotopic (exact) mass is 259 g/mol. The summed E-state index contributed by atoms with van der Waals surface area (Å²) in [4.78, 5) is 9.41. The zero-order valence-electron chi connectivity index (χ0n) is 11.2. The number of pyridine rings is 1. The zero-order chi connectivity index (χ0) is 13.2. The minimum atomic E-state index is 0.112. The van der Waals surface area contributed by atoms with Gasteiger partial charge in [0.05, 0.1) is 0 Å². The number of anilines is 1. The Labute approximate surface area is 113 Å². The molecule has 1 aromatic heterocycles. The summed E-state index contributed by atoms with van der Waals surface area (Å²) >= 11 is 0. The highest BCUT2D eigenvalue weighted by molar-refractivity contribution is 5.95. The molecule has 102 valence electrons. The third kappa shape index (κ3) is 2.56. The molecule has 1 unspecified atom stereocenters. The van der Waals surface area contributed by atoms with Crippen molar-refractivity contribution in [2.45, 2.75) is 25.3 Å². The van der Waals surface area contributed by atoms with Crippen molar-refractivity contribution in [1.82, 2.24) is 9.88 Å². The van der Waals surface area contributed by atoms with Crippen LogP contribution < -0.4 is 10.6 Å². The first-order valence-electron chi connectivity index (χ1n) is 7.03. The number of hydrogen-bond acceptors (Lipinski definition) is 4. The molecular weight excluding hydrogens is 238 g/mol. The second-order valence-corrected chi connectivity index (χ2v) is 5.45. The van der Waals surface area contributed by atoms with Crippen LogP contribution in [0.15, 0.2) is 18.3 Å². The van der Waals surface area contributed by atoms with E-state index in [1.807, 2.05) is 6.07 Å². The molecule has 0 aromatic carbocycles. The molecule has 1 atom stereocenters. The van der Waals surface area contributed by atoms with Gasteiger partial charge in [-0.05, 0) is 37.9 Å². The van der Waals surface area contributed by atoms with Crippen molar-refractivity contribution in [3.63, 3.8) is 0 Å². The van der Waals surface area contributed by atoms with Gasteiger partial charge in [-0.25, -0.2) is 4.98 Å². The molecule has 3 heterocycles. The maximum atomic E-state index is 7.53. The molecule has 0 radical (unpaired) electrons. The van der Waals surface area contributed by atoms with Crippen LogP contribution in [-0.4, -0.2) is 47.9 Å². The lowest BCUT2D eigenvalue weighted by atomic mass is 10.2. The first-order chi connectivity index (χ1) is 9.24. The summed E-state index contributed by atoms with van der Waals surface area (Å²) in [5.41, 5.74) is 6.32. The van der Waals surface area contributed by atoms with Crippen molar-refractivity contribution in [2.24, 2.45) is 5.73 Å². The number of fused-ring (bicyclic) bond motifs is 1. The fourth-order valence-corrected chi connectivity index (χ4v) is 3.17. The first kappa shape index (κ1) is 12.4. The Morgan fingerprint density at radius 3 is 3.00 bits per heavy atom. The van der Waals surface area contributed by atoms with Crippen LogP contribution in [0.3, 0.4) is 0 Å². The summed E-state index contributed by atoms with van der Waals surface area (Å²) in [6.07, 6.45) is 5.55. The van der Waals surface area contributed by atoms with E-state index in [1.165, 1.54) is 32.4 Å². The van der Waals surface area contributed by atoms with E-state index in [4.69, 9.17) is 11.1 Å². The van der Waals surface area contributed by atoms with E-state index < -0.39 is 0 Å². The van der Waals surface area contributed by atoms with Crippen LogP contribution in [0.2, 0.25) is 0 Å². The van der Waals surface area contributed by atoms with Crippen molar-refractivity contribution in [3.05, 3.63) is 23.9 Å². The minimum Gasteiger partial charge on any atom is -0.384 e. The number of rotatable bonds is 2. The lowest BCUT2D eigenvalue weighted by molar-refractivity contribution is 0.273. The molecule has 2 fully saturated rings. The molecule has 2 aliphatic rings. The molecule has 0 amide bonds. The van der Waals surface area contributed by atoms with E-state index in [2.05, 4.69) is 14.8 Å². The number of aromatic nitrogens is 1. The smallest absolute Gasteiger partial charge is 0.129 e. The normalized spacial score (nSPS) is 24.0. The fraction of sp³-hybridized carbons (Fsp3) is 0.571. The predicted molar refractivity (Wildman–Crippen MR) is 76.7 cm³/mol. The minimum absolute atomic E-state index is 0.112. The lowest BCUT2D eigenvalue weighted by Crippen LogP contribution is -2.37. The third-order valence-corrected chi connectivity index (χ3v) is 4.18. The summed E-state index contributed by atoms with van der Waals surface area (Å²) in [7, 11) is 0. The molecule has 1 aromatic rings. The zero-order valence-corrected chi connectivity index (χ0v) is 11.2. The van der Waals surface area contributed by atoms with Gasteiger partial charge in [-0.1, -0.05) is 0 Å². The molecule has 0 aliphatic carbocycles. The highest BCUT2D eigenvalue weighted by Crippen LogP contribution is 2.24. The topological polar surface area (TPSA) is 69.2 Å². The molecule has 5 heteroatoms. The predicted octanol–water partition coefficient (Wildman–Crippen LogP) is 1.04. The Hall–Kier alpha value is -1.62. The van der Waals surface area contributed by atoms with Gasteiger partial charge in [-0.15, -0.1) is 0 Å². The number of amidine groups is 1. The van der Waals surface area contributed by atoms with Gasteiger partial charge in [-0.3, -0.25) is 10.3 Å². The molecule has 5 nitrogen and oxygen atoms in total. The van der Waals surface area contributed by atoms with Gasteiger partial charge in [-0.2, -0.15) is 0 Å². The van der Waals surface area contributed by atoms with Gasteiger partial charge in [0.1, 0.15) is 11.7 Å². The summed E-state index contributed by atoms with van der Waals surface area (Å²) in [5.74, 6) is 1.07. The van der Waals surface area contributed by atoms with E-state index in [0.29, 0.717) is 6.04 Å². The second kappa shape index (κ2) is 5.17. The van der Waals surface area contributed by atoms with E-state index in [-0.39, 0.29) is 5.84 Å². The summed E-state index contributed by atoms with van der Waals surface area (Å²) in [6, 6.07) is 4.41. The summed E-state index contributed by atoms with van der Waals surface area (Å²) < 4.78 is 0. The highest BCUT2D eigenvalue weighted by atomic mass is 15.3. The quantitative estimate of drug-likeness (QED) is 0.615. The van der Waals surface area contributed by atoms with Gasteiger partial charge >= 0.3 is 0 Å². The van der Waals surface area contributed by atoms with Crippen molar-refractivity contribution >= 4 is 11.7 Å². The maximum Gasteiger partial charge on any atom is 0.129 e. The van der Waals surface area contributed by atoms with Gasteiger partial charge in [0.25, 0.3) is 0 Å². The molecule has 0 saturated carbocycles. The Morgan fingerprint density at radius 2 is 2.16 bits per heavy atom. The van der Waals surface area contributed by atoms with Crippen molar-refractivity contribution in [3.8, 4) is 0 Å². The molecule has 3 N–H and O–H groups in total.